The van der Waals surface area contributed by atoms with E-state index in [2.05, 4.69) is 21.3 Å². The predicted octanol–water partition coefficient (Wildman–Crippen LogP) is 3.10. The highest BCUT2D eigenvalue weighted by molar-refractivity contribution is 6.12. The average molecular weight is 1070 g/mol. The number of rotatable bonds is 26. The number of benzene rings is 2. The summed E-state index contributed by atoms with van der Waals surface area (Å²) in [4.78, 5) is 136. The second-order valence-electron chi connectivity index (χ2n) is 20.4. The van der Waals surface area contributed by atoms with Crippen molar-refractivity contribution in [1.82, 2.24) is 40.6 Å². The van der Waals surface area contributed by atoms with Gasteiger partial charge in [0.25, 0.3) is 17.4 Å². The first kappa shape index (κ1) is 56.4. The van der Waals surface area contributed by atoms with Crippen LogP contribution in [0, 0.1) is 12.7 Å². The molecule has 0 spiro atoms. The van der Waals surface area contributed by atoms with E-state index >= 15 is 4.39 Å². The number of nitrogens with one attached hydrogen (secondary N) is 4. The van der Waals surface area contributed by atoms with E-state index in [0.717, 1.165) is 27.0 Å². The second-order valence-corrected chi connectivity index (χ2v) is 20.4. The molecule has 5 heterocycles. The molecule has 21 heteroatoms. The fourth-order valence-electron chi connectivity index (χ4n) is 10.6. The van der Waals surface area contributed by atoms with Crippen molar-refractivity contribution in [2.75, 3.05) is 39.8 Å². The number of aryl methyl sites for hydroxylation is 1. The van der Waals surface area contributed by atoms with Crippen LogP contribution < -0.4 is 26.8 Å². The summed E-state index contributed by atoms with van der Waals surface area (Å²) in [7, 11) is 1.80. The van der Waals surface area contributed by atoms with Gasteiger partial charge in [0.2, 0.25) is 23.6 Å². The number of unbranched alkanes of at least 4 members (excludes halogenated alkanes) is 2. The number of aromatic nitrogens is 2. The van der Waals surface area contributed by atoms with Crippen LogP contribution in [0.3, 0.4) is 0 Å². The first-order valence-corrected chi connectivity index (χ1v) is 26.6. The second kappa shape index (κ2) is 24.7. The van der Waals surface area contributed by atoms with Gasteiger partial charge in [0.1, 0.15) is 12.4 Å². The molecule has 78 heavy (non-hydrogen) atoms. The molecule has 3 aliphatic heterocycles. The number of Topliss-reactive ketones (excluding diaryl/α,β-unsaturated/α-hetero) is 2. The van der Waals surface area contributed by atoms with Crippen LogP contribution >= 0.6 is 0 Å². The number of amides is 6. The zero-order valence-corrected chi connectivity index (χ0v) is 44.1. The highest BCUT2D eigenvalue weighted by atomic mass is 19.1. The van der Waals surface area contributed by atoms with Crippen molar-refractivity contribution in [3.05, 3.63) is 110 Å². The maximum Gasteiger partial charge on any atom is 0.343 e. The Balaban J connectivity index is 0.783. The topological polar surface area (TPSA) is 273 Å². The van der Waals surface area contributed by atoms with Crippen molar-refractivity contribution in [2.24, 2.45) is 0 Å². The lowest BCUT2D eigenvalue weighted by Gasteiger charge is -2.31. The van der Waals surface area contributed by atoms with Gasteiger partial charge in [-0.05, 0) is 80.8 Å². The number of pyridine rings is 2. The third-order valence-electron chi connectivity index (χ3n) is 15.2. The number of nitrogens with zero attached hydrogens (tertiary/aromatic N) is 4. The molecule has 8 rings (SSSR count). The Kier molecular flexibility index (Phi) is 17.9. The Hall–Kier alpha value is -7.78. The number of likely N-dealkylation sites (N-methyl/N-ethyl adjacent to an activating group) is 1. The lowest BCUT2D eigenvalue weighted by Crippen LogP contribution is -2.44. The Bertz CT molecular complexity index is 3160. The summed E-state index contributed by atoms with van der Waals surface area (Å²) in [5.74, 6) is -4.22. The van der Waals surface area contributed by atoms with Crippen LogP contribution in [0.1, 0.15) is 123 Å². The number of hydrogen-bond donors (Lipinski definition) is 5. The molecule has 1 unspecified atom stereocenters. The third kappa shape index (κ3) is 12.6. The highest BCUT2D eigenvalue weighted by Crippen LogP contribution is 2.46. The van der Waals surface area contributed by atoms with E-state index in [1.54, 1.807) is 39.1 Å². The van der Waals surface area contributed by atoms with Gasteiger partial charge < -0.3 is 40.6 Å². The molecule has 20 nitrogen and oxygen atoms in total. The standard InChI is InChI=1S/C57H65FN8O12/c1-4-57(77)39-28-44-54-37(31-66(44)55(75)38(39)32-78-56(57)76)53-41(16-15-36-33(2)40(58)29-43(63-54)52(36)53)61-49(72)22-25-64(3)26-23-59-47(70)19-17-45(68)42(27-34-11-7-5-8-12-34)62-48(71)18-14-35(67)30-60-46(69)13-9-6-10-24-65-50(73)20-21-51(65)74/h5,7-8,11-12,20-21,28-29,41-42,77H,4,6,9-10,13-19,22-27,30-32H2,1-3H3,(H,59,70)(H,60,69)(H,61,72)(H,62,71)/t41-,42?,57-/m0/s1. The van der Waals surface area contributed by atoms with Crippen LogP contribution in [0.25, 0.3) is 22.3 Å². The number of carbonyl (C=O) groups excluding carboxylic acids is 9. The molecule has 6 amide bonds. The molecule has 3 atom stereocenters. The minimum atomic E-state index is -2.02. The molecule has 412 valence electrons. The van der Waals surface area contributed by atoms with Crippen molar-refractivity contribution >= 4 is 63.9 Å². The van der Waals surface area contributed by atoms with E-state index in [1.165, 1.54) is 22.8 Å². The molecule has 0 saturated carbocycles. The monoisotopic (exact) mass is 1070 g/mol. The van der Waals surface area contributed by atoms with Gasteiger partial charge in [0, 0.05) is 99.4 Å². The largest absolute Gasteiger partial charge is 0.458 e. The fraction of sp³-hybridized carbons (Fsp3) is 0.456. The van der Waals surface area contributed by atoms with Gasteiger partial charge >= 0.3 is 5.97 Å². The van der Waals surface area contributed by atoms with E-state index < -0.39 is 40.9 Å². The zero-order valence-electron chi connectivity index (χ0n) is 44.1. The van der Waals surface area contributed by atoms with Gasteiger partial charge in [-0.3, -0.25) is 48.1 Å². The minimum Gasteiger partial charge on any atom is -0.458 e. The van der Waals surface area contributed by atoms with Crippen LogP contribution in [0.15, 0.2) is 59.4 Å². The predicted molar refractivity (Wildman–Crippen MR) is 281 cm³/mol. The van der Waals surface area contributed by atoms with E-state index in [1.807, 2.05) is 23.1 Å². The third-order valence-corrected chi connectivity index (χ3v) is 15.2. The molecule has 2 aromatic heterocycles. The zero-order chi connectivity index (χ0) is 55.8. The molecule has 1 aliphatic carbocycles. The number of ether oxygens (including phenoxy) is 1. The van der Waals surface area contributed by atoms with E-state index in [-0.39, 0.29) is 136 Å². The van der Waals surface area contributed by atoms with Gasteiger partial charge in [-0.15, -0.1) is 0 Å². The van der Waals surface area contributed by atoms with Crippen LogP contribution in [-0.4, -0.2) is 123 Å². The van der Waals surface area contributed by atoms with Crippen LogP contribution in [0.5, 0.6) is 0 Å². The van der Waals surface area contributed by atoms with Gasteiger partial charge in [0.05, 0.1) is 47.6 Å². The summed E-state index contributed by atoms with van der Waals surface area (Å²) < 4.78 is 22.2. The summed E-state index contributed by atoms with van der Waals surface area (Å²) in [6.45, 7) is 4.10. The normalized spacial score (nSPS) is 17.3. The van der Waals surface area contributed by atoms with Crippen molar-refractivity contribution in [3.63, 3.8) is 0 Å². The molecule has 4 aliphatic rings. The summed E-state index contributed by atoms with van der Waals surface area (Å²) in [6, 6.07) is 10.5. The Morgan fingerprint density at radius 1 is 0.859 bits per heavy atom. The molecule has 5 N–H and O–H groups in total. The molecule has 2 aromatic carbocycles. The summed E-state index contributed by atoms with van der Waals surface area (Å²) in [6.07, 6.45) is 4.73. The average Bonchev–Trinajstić information content (AvgIpc) is 4.09. The van der Waals surface area contributed by atoms with Gasteiger partial charge in [-0.1, -0.05) is 43.7 Å². The number of halogens is 1. The first-order chi connectivity index (χ1) is 37.4. The minimum absolute atomic E-state index is 0.0251. The Morgan fingerprint density at radius 2 is 1.59 bits per heavy atom. The molecular formula is C57H65FN8O12. The smallest absolute Gasteiger partial charge is 0.343 e. The first-order valence-electron chi connectivity index (χ1n) is 26.6. The highest BCUT2D eigenvalue weighted by Gasteiger charge is 2.46. The van der Waals surface area contributed by atoms with Crippen LogP contribution in [0.4, 0.5) is 4.39 Å². The lowest BCUT2D eigenvalue weighted by atomic mass is 9.81. The quantitative estimate of drug-likeness (QED) is 0.0303. The maximum atomic E-state index is 15.4. The lowest BCUT2D eigenvalue weighted by molar-refractivity contribution is -0.172. The molecule has 0 radical (unpaired) electrons. The van der Waals surface area contributed by atoms with Crippen LogP contribution in [-0.2, 0) is 79.5 Å². The number of esters is 1. The molecule has 0 fully saturated rings. The Labute approximate surface area is 449 Å². The van der Waals surface area contributed by atoms with Crippen molar-refractivity contribution in [3.8, 4) is 11.4 Å². The number of aliphatic hydroxyl groups is 1. The number of fused-ring (bicyclic) bond motifs is 5. The van der Waals surface area contributed by atoms with E-state index in [9.17, 15) is 53.1 Å². The van der Waals surface area contributed by atoms with E-state index in [0.29, 0.717) is 73.2 Å². The number of hydrogen-bond acceptors (Lipinski definition) is 14. The van der Waals surface area contributed by atoms with Gasteiger partial charge in [-0.2, -0.15) is 0 Å². The molecular weight excluding hydrogens is 1010 g/mol. The number of imide groups is 1. The number of cyclic esters (lactones) is 1. The Morgan fingerprint density at radius 3 is 2.33 bits per heavy atom. The van der Waals surface area contributed by atoms with Crippen LogP contribution in [0.2, 0.25) is 0 Å². The number of ketones is 2. The number of carbonyl (C=O) groups is 9. The fourth-order valence-corrected chi connectivity index (χ4v) is 10.6. The summed E-state index contributed by atoms with van der Waals surface area (Å²) in [5.41, 5.74) is 2.51. The summed E-state index contributed by atoms with van der Waals surface area (Å²) in [5, 5.41) is 23.4. The SMILES string of the molecule is CC[C@@]1(O)C(=O)OCc2c1cc1n(c2=O)Cc2c-1nc1cc(F)c(C)c3c1c2[C@@H](NC(=O)CCN(C)CCNC(=O)CCC(=O)C(Cc1ccccc1)NC(=O)CCC(=O)CNC(=O)CCCCCN1C(=O)C=CC1=O)CC3. The van der Waals surface area contributed by atoms with Crippen molar-refractivity contribution in [2.45, 2.75) is 128 Å². The summed E-state index contributed by atoms with van der Waals surface area (Å²) >= 11 is 0. The molecule has 4 aromatic rings. The molecule has 0 bridgehead atoms. The maximum absolute atomic E-state index is 15.4. The van der Waals surface area contributed by atoms with Crippen molar-refractivity contribution in [1.29, 1.82) is 0 Å². The molecule has 0 saturated heterocycles. The van der Waals surface area contributed by atoms with Gasteiger partial charge in [-0.25, -0.2) is 14.2 Å². The van der Waals surface area contributed by atoms with Crippen molar-refractivity contribution < 1.29 is 57.4 Å². The van der Waals surface area contributed by atoms with Gasteiger partial charge in [0.15, 0.2) is 17.2 Å². The van der Waals surface area contributed by atoms with E-state index in [4.69, 9.17) is 9.72 Å².